The molecule has 1 aromatic carbocycles. The highest BCUT2D eigenvalue weighted by molar-refractivity contribution is 6.17. The molecule has 0 unspecified atom stereocenters. The summed E-state index contributed by atoms with van der Waals surface area (Å²) < 4.78 is 19.3. The molecular formula is C17H19FN2O5. The molecule has 25 heavy (non-hydrogen) atoms. The molecule has 1 heterocycles. The molecule has 0 spiro atoms. The van der Waals surface area contributed by atoms with Crippen LogP contribution in [0.2, 0.25) is 0 Å². The molecule has 2 rings (SSSR count). The van der Waals surface area contributed by atoms with Crippen LogP contribution in [0.25, 0.3) is 0 Å². The zero-order chi connectivity index (χ0) is 18.8. The van der Waals surface area contributed by atoms with Crippen molar-refractivity contribution in [2.75, 3.05) is 18.5 Å². The van der Waals surface area contributed by atoms with Gasteiger partial charge in [0, 0.05) is 11.8 Å². The van der Waals surface area contributed by atoms with E-state index in [0.717, 1.165) is 17.0 Å². The number of nitrogens with one attached hydrogen (secondary N) is 1. The maximum Gasteiger partial charge on any atom is 0.341 e. The lowest BCUT2D eigenvalue weighted by molar-refractivity contribution is -0.137. The van der Waals surface area contributed by atoms with Crippen molar-refractivity contribution in [1.29, 1.82) is 0 Å². The molecule has 0 saturated heterocycles. The number of carbonyl (C=O) groups excluding carboxylic acids is 3. The average molecular weight is 350 g/mol. The molecule has 8 heteroatoms. The van der Waals surface area contributed by atoms with E-state index in [1.165, 1.54) is 12.1 Å². The quantitative estimate of drug-likeness (QED) is 0.616. The summed E-state index contributed by atoms with van der Waals surface area (Å²) in [6, 6.07) is 3.67. The SMILES string of the molecule is CC(C)(C)OC(=O)c1ccc(NC2=CC(=O)N(CCO)C2=O)cc1F. The van der Waals surface area contributed by atoms with E-state index >= 15 is 0 Å². The summed E-state index contributed by atoms with van der Waals surface area (Å²) in [6.07, 6.45) is 1.07. The molecule has 1 aromatic rings. The number of esters is 1. The van der Waals surface area contributed by atoms with Gasteiger partial charge in [0.1, 0.15) is 17.1 Å². The van der Waals surface area contributed by atoms with Crippen LogP contribution in [0, 0.1) is 5.82 Å². The number of halogens is 1. The topological polar surface area (TPSA) is 95.9 Å². The molecule has 134 valence electrons. The Morgan fingerprint density at radius 3 is 2.56 bits per heavy atom. The lowest BCUT2D eigenvalue weighted by atomic mass is 10.1. The molecular weight excluding hydrogens is 331 g/mol. The Balaban J connectivity index is 2.14. The van der Waals surface area contributed by atoms with Crippen LogP contribution in [0.1, 0.15) is 31.1 Å². The van der Waals surface area contributed by atoms with E-state index < -0.39 is 29.2 Å². The van der Waals surface area contributed by atoms with E-state index in [1.54, 1.807) is 20.8 Å². The van der Waals surface area contributed by atoms with Gasteiger partial charge < -0.3 is 15.2 Å². The van der Waals surface area contributed by atoms with E-state index in [0.29, 0.717) is 0 Å². The fourth-order valence-electron chi connectivity index (χ4n) is 2.16. The Hall–Kier alpha value is -2.74. The first kappa shape index (κ1) is 18.6. The molecule has 0 aromatic heterocycles. The van der Waals surface area contributed by atoms with Crippen LogP contribution in [-0.4, -0.2) is 46.5 Å². The highest BCUT2D eigenvalue weighted by atomic mass is 19.1. The van der Waals surface area contributed by atoms with Crippen molar-refractivity contribution in [3.05, 3.63) is 41.4 Å². The van der Waals surface area contributed by atoms with Gasteiger partial charge in [0.15, 0.2) is 0 Å². The number of hydrogen-bond acceptors (Lipinski definition) is 6. The number of benzene rings is 1. The second-order valence-corrected chi connectivity index (χ2v) is 6.40. The second-order valence-electron chi connectivity index (χ2n) is 6.40. The minimum atomic E-state index is -0.816. The van der Waals surface area contributed by atoms with Crippen LogP contribution < -0.4 is 5.32 Å². The Kier molecular flexibility index (Phi) is 5.22. The Morgan fingerprint density at radius 2 is 2.00 bits per heavy atom. The van der Waals surface area contributed by atoms with Gasteiger partial charge in [-0.1, -0.05) is 0 Å². The standard InChI is InChI=1S/C17H19FN2O5/c1-17(2,3)25-16(24)11-5-4-10(8-12(11)18)19-13-9-14(22)20(6-7-21)15(13)23/h4-5,8-9,19,21H,6-7H2,1-3H3. The molecule has 0 bridgehead atoms. The fourth-order valence-corrected chi connectivity index (χ4v) is 2.16. The van der Waals surface area contributed by atoms with Gasteiger partial charge in [0.2, 0.25) is 0 Å². The van der Waals surface area contributed by atoms with Crippen molar-refractivity contribution in [2.24, 2.45) is 0 Å². The largest absolute Gasteiger partial charge is 0.456 e. The summed E-state index contributed by atoms with van der Waals surface area (Å²) in [5.41, 5.74) is -0.825. The second kappa shape index (κ2) is 7.02. The van der Waals surface area contributed by atoms with Crippen LogP contribution in [0.4, 0.5) is 10.1 Å². The Bertz CT molecular complexity index is 752. The summed E-state index contributed by atoms with van der Waals surface area (Å²) in [5, 5.41) is 11.5. The van der Waals surface area contributed by atoms with E-state index in [9.17, 15) is 18.8 Å². The van der Waals surface area contributed by atoms with Gasteiger partial charge in [0.05, 0.1) is 18.7 Å². The first-order chi connectivity index (χ1) is 11.6. The number of nitrogens with zero attached hydrogens (tertiary/aromatic N) is 1. The maximum absolute atomic E-state index is 14.2. The number of imide groups is 1. The third-order valence-corrected chi connectivity index (χ3v) is 3.20. The van der Waals surface area contributed by atoms with Crippen molar-refractivity contribution in [2.45, 2.75) is 26.4 Å². The van der Waals surface area contributed by atoms with E-state index in [4.69, 9.17) is 9.84 Å². The molecule has 1 aliphatic rings. The molecule has 7 nitrogen and oxygen atoms in total. The van der Waals surface area contributed by atoms with E-state index in [1.807, 2.05) is 0 Å². The highest BCUT2D eigenvalue weighted by Gasteiger charge is 2.30. The third-order valence-electron chi connectivity index (χ3n) is 3.20. The normalized spacial score (nSPS) is 14.6. The predicted molar refractivity (Wildman–Crippen MR) is 87.1 cm³/mol. The lowest BCUT2D eigenvalue weighted by Crippen LogP contribution is -2.34. The lowest BCUT2D eigenvalue weighted by Gasteiger charge is -2.19. The summed E-state index contributed by atoms with van der Waals surface area (Å²) in [4.78, 5) is 36.5. The Morgan fingerprint density at radius 1 is 1.32 bits per heavy atom. The van der Waals surface area contributed by atoms with Gasteiger partial charge in [-0.2, -0.15) is 0 Å². The molecule has 2 amide bonds. The summed E-state index contributed by atoms with van der Waals surface area (Å²) >= 11 is 0. The van der Waals surface area contributed by atoms with Crippen molar-refractivity contribution in [3.8, 4) is 0 Å². The van der Waals surface area contributed by atoms with Crippen LogP contribution in [0.15, 0.2) is 30.0 Å². The maximum atomic E-state index is 14.2. The number of β-amino-alcohol motifs (C(OH)–C–C–N with tert-alkyl or cyclic N) is 1. The molecule has 0 fully saturated rings. The number of amides is 2. The summed E-state index contributed by atoms with van der Waals surface area (Å²) in [6.45, 7) is 4.55. The number of aliphatic hydroxyl groups is 1. The van der Waals surface area contributed by atoms with Crippen LogP contribution in [-0.2, 0) is 14.3 Å². The van der Waals surface area contributed by atoms with Gasteiger partial charge in [-0.15, -0.1) is 0 Å². The fraction of sp³-hybridized carbons (Fsp3) is 0.353. The smallest absolute Gasteiger partial charge is 0.341 e. The molecule has 0 radical (unpaired) electrons. The molecule has 2 N–H and O–H groups in total. The number of hydrogen-bond donors (Lipinski definition) is 2. The predicted octanol–water partition coefficient (Wildman–Crippen LogP) is 1.44. The van der Waals surface area contributed by atoms with Gasteiger partial charge in [-0.25, -0.2) is 9.18 Å². The zero-order valence-electron chi connectivity index (χ0n) is 14.1. The van der Waals surface area contributed by atoms with Gasteiger partial charge in [-0.05, 0) is 39.0 Å². The average Bonchev–Trinajstić information content (AvgIpc) is 2.73. The van der Waals surface area contributed by atoms with E-state index in [-0.39, 0.29) is 30.1 Å². The van der Waals surface area contributed by atoms with Crippen molar-refractivity contribution in [1.82, 2.24) is 4.90 Å². The van der Waals surface area contributed by atoms with Gasteiger partial charge in [0.25, 0.3) is 11.8 Å². The van der Waals surface area contributed by atoms with E-state index in [2.05, 4.69) is 5.32 Å². The monoisotopic (exact) mass is 350 g/mol. The van der Waals surface area contributed by atoms with Crippen LogP contribution in [0.3, 0.4) is 0 Å². The van der Waals surface area contributed by atoms with Crippen LogP contribution >= 0.6 is 0 Å². The van der Waals surface area contributed by atoms with Crippen LogP contribution in [0.5, 0.6) is 0 Å². The summed E-state index contributed by atoms with van der Waals surface area (Å²) in [7, 11) is 0. The number of anilines is 1. The van der Waals surface area contributed by atoms with Crippen molar-refractivity contribution >= 4 is 23.5 Å². The van der Waals surface area contributed by atoms with Gasteiger partial charge >= 0.3 is 5.97 Å². The summed E-state index contributed by atoms with van der Waals surface area (Å²) in [5.74, 6) is -2.79. The third kappa shape index (κ3) is 4.42. The minimum Gasteiger partial charge on any atom is -0.456 e. The Labute approximate surface area is 144 Å². The number of ether oxygens (including phenoxy) is 1. The first-order valence-corrected chi connectivity index (χ1v) is 7.60. The molecule has 1 aliphatic heterocycles. The number of carbonyl (C=O) groups is 3. The first-order valence-electron chi connectivity index (χ1n) is 7.60. The number of aliphatic hydroxyl groups excluding tert-OH is 1. The molecule has 0 saturated carbocycles. The van der Waals surface area contributed by atoms with Gasteiger partial charge in [-0.3, -0.25) is 14.5 Å². The van der Waals surface area contributed by atoms with Crippen molar-refractivity contribution in [3.63, 3.8) is 0 Å². The van der Waals surface area contributed by atoms with Crippen molar-refractivity contribution < 1.29 is 28.6 Å². The molecule has 0 atom stereocenters. The number of rotatable bonds is 5. The zero-order valence-corrected chi connectivity index (χ0v) is 14.1. The highest BCUT2D eigenvalue weighted by Crippen LogP contribution is 2.21. The minimum absolute atomic E-state index is 0.0390. The molecule has 0 aliphatic carbocycles.